The fraction of sp³-hybridized carbons (Fsp3) is 0.611. The van der Waals surface area contributed by atoms with Crippen molar-refractivity contribution in [1.82, 2.24) is 5.32 Å². The standard InChI is InChI=1S/C18H23F2NO2/c1-12(15-3-2-14(19)10-16(15)20)21-17(22)6-9-18-7-4-13(5-8-18)11-23-18/h2-3,10,12-13H,4-9,11H2,1H3,(H,21,22)/t12-,13?,18?/m0/s1. The molecule has 0 aromatic heterocycles. The fourth-order valence-electron chi connectivity index (χ4n) is 3.72. The van der Waals surface area contributed by atoms with Crippen molar-refractivity contribution in [3.05, 3.63) is 35.4 Å². The summed E-state index contributed by atoms with van der Waals surface area (Å²) in [4.78, 5) is 12.2. The van der Waals surface area contributed by atoms with Gasteiger partial charge in [-0.25, -0.2) is 8.78 Å². The zero-order chi connectivity index (χ0) is 16.4. The normalized spacial score (nSPS) is 27.7. The molecule has 1 N–H and O–H groups in total. The first-order valence-corrected chi connectivity index (χ1v) is 8.36. The van der Waals surface area contributed by atoms with E-state index in [-0.39, 0.29) is 11.5 Å². The highest BCUT2D eigenvalue weighted by Crippen LogP contribution is 2.43. The van der Waals surface area contributed by atoms with Crippen molar-refractivity contribution in [2.75, 3.05) is 6.61 Å². The molecule has 0 radical (unpaired) electrons. The van der Waals surface area contributed by atoms with E-state index in [4.69, 9.17) is 4.74 Å². The third-order valence-corrected chi connectivity index (χ3v) is 5.26. The number of nitrogens with one attached hydrogen (secondary N) is 1. The molecule has 3 nitrogen and oxygen atoms in total. The molecule has 1 amide bonds. The molecule has 1 aromatic carbocycles. The third-order valence-electron chi connectivity index (χ3n) is 5.26. The van der Waals surface area contributed by atoms with Crippen LogP contribution in [0.1, 0.15) is 57.1 Å². The Morgan fingerprint density at radius 3 is 2.74 bits per heavy atom. The Bertz CT molecular complexity index is 569. The van der Waals surface area contributed by atoms with Crippen molar-refractivity contribution in [3.8, 4) is 0 Å². The van der Waals surface area contributed by atoms with Crippen LogP contribution in [0.25, 0.3) is 0 Å². The Morgan fingerprint density at radius 1 is 1.39 bits per heavy atom. The zero-order valence-corrected chi connectivity index (χ0v) is 13.4. The third kappa shape index (κ3) is 3.71. The van der Waals surface area contributed by atoms with Crippen molar-refractivity contribution in [2.24, 2.45) is 5.92 Å². The number of carbonyl (C=O) groups is 1. The molecule has 126 valence electrons. The van der Waals surface area contributed by atoms with Gasteiger partial charge in [-0.05, 0) is 51.0 Å². The van der Waals surface area contributed by atoms with Gasteiger partial charge < -0.3 is 10.1 Å². The lowest BCUT2D eigenvalue weighted by Crippen LogP contribution is -2.45. The minimum Gasteiger partial charge on any atom is -0.375 e. The lowest BCUT2D eigenvalue weighted by molar-refractivity contribution is -0.151. The number of halogens is 2. The zero-order valence-electron chi connectivity index (χ0n) is 13.4. The Hall–Kier alpha value is -1.49. The summed E-state index contributed by atoms with van der Waals surface area (Å²) in [5, 5.41) is 2.79. The van der Waals surface area contributed by atoms with Gasteiger partial charge in [0.05, 0.1) is 18.2 Å². The second-order valence-corrected chi connectivity index (χ2v) is 6.89. The summed E-state index contributed by atoms with van der Waals surface area (Å²) in [6, 6.07) is 2.93. The molecular weight excluding hydrogens is 300 g/mol. The van der Waals surface area contributed by atoms with Gasteiger partial charge in [-0.15, -0.1) is 0 Å². The van der Waals surface area contributed by atoms with Crippen LogP contribution in [0.2, 0.25) is 0 Å². The predicted molar refractivity (Wildman–Crippen MR) is 82.8 cm³/mol. The topological polar surface area (TPSA) is 38.3 Å². The van der Waals surface area contributed by atoms with Crippen LogP contribution in [0.3, 0.4) is 0 Å². The highest BCUT2D eigenvalue weighted by atomic mass is 19.1. The van der Waals surface area contributed by atoms with Crippen LogP contribution in [0.15, 0.2) is 18.2 Å². The molecule has 5 heteroatoms. The summed E-state index contributed by atoms with van der Waals surface area (Å²) in [7, 11) is 0. The molecule has 23 heavy (non-hydrogen) atoms. The average Bonchev–Trinajstić information content (AvgIpc) is 2.54. The molecule has 2 saturated heterocycles. The van der Waals surface area contributed by atoms with Crippen LogP contribution >= 0.6 is 0 Å². The minimum atomic E-state index is -0.634. The van der Waals surface area contributed by atoms with E-state index in [9.17, 15) is 13.6 Å². The Labute approximate surface area is 135 Å². The van der Waals surface area contributed by atoms with E-state index in [0.29, 0.717) is 24.3 Å². The molecule has 2 bridgehead atoms. The van der Waals surface area contributed by atoms with Crippen LogP contribution in [0.4, 0.5) is 8.78 Å². The van der Waals surface area contributed by atoms with Crippen LogP contribution in [0, 0.1) is 17.6 Å². The summed E-state index contributed by atoms with van der Waals surface area (Å²) in [5.74, 6) is -0.668. The molecular formula is C18H23F2NO2. The molecule has 2 aliphatic heterocycles. The SMILES string of the molecule is C[C@H](NC(=O)CCC12CCC(CC1)CO2)c1ccc(F)cc1F. The molecule has 3 fully saturated rings. The van der Waals surface area contributed by atoms with E-state index in [1.54, 1.807) is 6.92 Å². The van der Waals surface area contributed by atoms with Crippen molar-refractivity contribution in [2.45, 2.75) is 57.1 Å². The van der Waals surface area contributed by atoms with Gasteiger partial charge >= 0.3 is 0 Å². The molecule has 1 atom stereocenters. The molecule has 1 aliphatic carbocycles. The second-order valence-electron chi connectivity index (χ2n) is 6.89. The molecule has 0 spiro atoms. The van der Waals surface area contributed by atoms with E-state index in [1.165, 1.54) is 25.0 Å². The lowest BCUT2D eigenvalue weighted by Gasteiger charge is -2.46. The first-order valence-electron chi connectivity index (χ1n) is 8.36. The maximum absolute atomic E-state index is 13.7. The van der Waals surface area contributed by atoms with Crippen molar-refractivity contribution >= 4 is 5.91 Å². The van der Waals surface area contributed by atoms with Gasteiger partial charge in [-0.1, -0.05) is 6.07 Å². The summed E-state index contributed by atoms with van der Waals surface area (Å²) < 4.78 is 32.6. The van der Waals surface area contributed by atoms with Crippen molar-refractivity contribution in [3.63, 3.8) is 0 Å². The van der Waals surface area contributed by atoms with E-state index in [1.807, 2.05) is 0 Å². The fourth-order valence-corrected chi connectivity index (χ4v) is 3.72. The first-order chi connectivity index (χ1) is 11.0. The van der Waals surface area contributed by atoms with Gasteiger partial charge in [-0.3, -0.25) is 4.79 Å². The largest absolute Gasteiger partial charge is 0.375 e. The maximum atomic E-state index is 13.7. The number of fused-ring (bicyclic) bond motifs is 3. The smallest absolute Gasteiger partial charge is 0.220 e. The molecule has 4 rings (SSSR count). The quantitative estimate of drug-likeness (QED) is 0.893. The van der Waals surface area contributed by atoms with Crippen LogP contribution in [-0.2, 0) is 9.53 Å². The highest BCUT2D eigenvalue weighted by Gasteiger charge is 2.41. The number of amides is 1. The number of hydrogen-bond donors (Lipinski definition) is 1. The average molecular weight is 323 g/mol. The number of carbonyl (C=O) groups excluding carboxylic acids is 1. The van der Waals surface area contributed by atoms with Gasteiger partial charge in [0.15, 0.2) is 0 Å². The summed E-state index contributed by atoms with van der Waals surface area (Å²) in [6.07, 6.45) is 5.54. The molecule has 0 unspecified atom stereocenters. The van der Waals surface area contributed by atoms with Gasteiger partial charge in [0.25, 0.3) is 0 Å². The molecule has 1 saturated carbocycles. The van der Waals surface area contributed by atoms with Crippen LogP contribution < -0.4 is 5.32 Å². The van der Waals surface area contributed by atoms with E-state index in [2.05, 4.69) is 5.32 Å². The van der Waals surface area contributed by atoms with E-state index < -0.39 is 17.7 Å². The van der Waals surface area contributed by atoms with Gasteiger partial charge in [0.2, 0.25) is 5.91 Å². The maximum Gasteiger partial charge on any atom is 0.220 e. The Kier molecular flexibility index (Phi) is 4.67. The van der Waals surface area contributed by atoms with E-state index in [0.717, 1.165) is 25.5 Å². The summed E-state index contributed by atoms with van der Waals surface area (Å²) in [5.41, 5.74) is 0.170. The van der Waals surface area contributed by atoms with Crippen molar-refractivity contribution < 1.29 is 18.3 Å². The predicted octanol–water partition coefficient (Wildman–Crippen LogP) is 3.88. The van der Waals surface area contributed by atoms with Gasteiger partial charge in [-0.2, -0.15) is 0 Å². The second kappa shape index (κ2) is 6.56. The Balaban J connectivity index is 1.52. The van der Waals surface area contributed by atoms with Gasteiger partial charge in [0, 0.05) is 18.1 Å². The Morgan fingerprint density at radius 2 is 2.13 bits per heavy atom. The number of hydrogen-bond acceptors (Lipinski definition) is 2. The minimum absolute atomic E-state index is 0.119. The van der Waals surface area contributed by atoms with Crippen molar-refractivity contribution in [1.29, 1.82) is 0 Å². The molecule has 3 aliphatic rings. The lowest BCUT2D eigenvalue weighted by atomic mass is 9.74. The van der Waals surface area contributed by atoms with Crippen LogP contribution in [0.5, 0.6) is 0 Å². The molecule has 2 heterocycles. The number of ether oxygens (including phenoxy) is 1. The van der Waals surface area contributed by atoms with Gasteiger partial charge in [0.1, 0.15) is 11.6 Å². The monoisotopic (exact) mass is 323 g/mol. The first kappa shape index (κ1) is 16.4. The number of rotatable bonds is 5. The van der Waals surface area contributed by atoms with E-state index >= 15 is 0 Å². The molecule has 1 aromatic rings. The summed E-state index contributed by atoms with van der Waals surface area (Å²) >= 11 is 0. The highest BCUT2D eigenvalue weighted by molar-refractivity contribution is 5.76. The van der Waals surface area contributed by atoms with Crippen LogP contribution in [-0.4, -0.2) is 18.1 Å². The number of benzene rings is 1. The summed E-state index contributed by atoms with van der Waals surface area (Å²) in [6.45, 7) is 2.52.